The first kappa shape index (κ1) is 20.0. The zero-order valence-corrected chi connectivity index (χ0v) is 16.0. The van der Waals surface area contributed by atoms with Gasteiger partial charge in [-0.1, -0.05) is 30.7 Å². The second kappa shape index (κ2) is 8.49. The van der Waals surface area contributed by atoms with E-state index in [0.717, 1.165) is 19.3 Å². The zero-order chi connectivity index (χ0) is 20.1. The summed E-state index contributed by atoms with van der Waals surface area (Å²) in [4.78, 5) is 23.0. The van der Waals surface area contributed by atoms with Crippen LogP contribution in [0.5, 0.6) is 0 Å². The van der Waals surface area contributed by atoms with Gasteiger partial charge in [-0.3, -0.25) is 14.9 Å². The lowest BCUT2D eigenvalue weighted by Gasteiger charge is -2.26. The Hall–Kier alpha value is -2.78. The molecule has 0 aliphatic carbocycles. The number of nitrogens with zero attached hydrogens (tertiary/aromatic N) is 2. The Morgan fingerprint density at radius 3 is 2.50 bits per heavy atom. The van der Waals surface area contributed by atoms with Crippen molar-refractivity contribution in [2.75, 3.05) is 18.4 Å². The molecular formula is C19H21N3O5S. The van der Waals surface area contributed by atoms with Crippen LogP contribution in [0.15, 0.2) is 53.4 Å². The maximum atomic E-state index is 12.8. The molecule has 0 saturated carbocycles. The number of para-hydroxylation sites is 1. The second-order valence-corrected chi connectivity index (χ2v) is 8.54. The number of anilines is 1. The number of benzene rings is 2. The highest BCUT2D eigenvalue weighted by Gasteiger charge is 2.26. The van der Waals surface area contributed by atoms with E-state index in [1.54, 1.807) is 18.2 Å². The van der Waals surface area contributed by atoms with Crippen molar-refractivity contribution in [3.05, 3.63) is 64.2 Å². The standard InChI is InChI=1S/C19H21N3O5S/c23-19(13-15-7-2-3-10-18(15)22(24)25)20-16-8-6-9-17(14-16)28(26,27)21-11-4-1-5-12-21/h2-3,6-10,14H,1,4-5,11-13H2,(H,20,23). The van der Waals surface area contributed by atoms with Gasteiger partial charge in [-0.05, 0) is 31.0 Å². The topological polar surface area (TPSA) is 110 Å². The van der Waals surface area contributed by atoms with Crippen LogP contribution in [0, 0.1) is 10.1 Å². The Balaban J connectivity index is 1.74. The number of rotatable bonds is 6. The molecule has 1 heterocycles. The van der Waals surface area contributed by atoms with Gasteiger partial charge in [-0.2, -0.15) is 4.31 Å². The fourth-order valence-corrected chi connectivity index (χ4v) is 4.77. The predicted octanol–water partition coefficient (Wildman–Crippen LogP) is 2.95. The van der Waals surface area contributed by atoms with Crippen LogP contribution in [0.3, 0.4) is 0 Å². The molecule has 0 aromatic heterocycles. The molecule has 0 bridgehead atoms. The van der Waals surface area contributed by atoms with Gasteiger partial charge < -0.3 is 5.32 Å². The summed E-state index contributed by atoms with van der Waals surface area (Å²) in [6.07, 6.45) is 2.52. The highest BCUT2D eigenvalue weighted by atomic mass is 32.2. The quantitative estimate of drug-likeness (QED) is 0.589. The molecule has 28 heavy (non-hydrogen) atoms. The van der Waals surface area contributed by atoms with Crippen LogP contribution in [-0.2, 0) is 21.2 Å². The van der Waals surface area contributed by atoms with E-state index in [4.69, 9.17) is 0 Å². The summed E-state index contributed by atoms with van der Waals surface area (Å²) in [6, 6.07) is 12.1. The molecule has 1 amide bonds. The average molecular weight is 403 g/mol. The molecule has 9 heteroatoms. The van der Waals surface area contributed by atoms with Crippen LogP contribution < -0.4 is 5.32 Å². The van der Waals surface area contributed by atoms with E-state index in [0.29, 0.717) is 24.3 Å². The van der Waals surface area contributed by atoms with Crippen molar-refractivity contribution >= 4 is 27.3 Å². The number of nitro benzene ring substituents is 1. The van der Waals surface area contributed by atoms with E-state index in [2.05, 4.69) is 5.32 Å². The van der Waals surface area contributed by atoms with E-state index in [9.17, 15) is 23.3 Å². The number of carbonyl (C=O) groups is 1. The summed E-state index contributed by atoms with van der Waals surface area (Å²) in [6.45, 7) is 0.993. The van der Waals surface area contributed by atoms with Crippen molar-refractivity contribution in [3.8, 4) is 0 Å². The largest absolute Gasteiger partial charge is 0.326 e. The van der Waals surface area contributed by atoms with Gasteiger partial charge >= 0.3 is 0 Å². The van der Waals surface area contributed by atoms with Gasteiger partial charge in [0, 0.05) is 30.4 Å². The predicted molar refractivity (Wildman–Crippen MR) is 104 cm³/mol. The Morgan fingerprint density at radius 2 is 1.79 bits per heavy atom. The lowest BCUT2D eigenvalue weighted by molar-refractivity contribution is -0.385. The third-order valence-corrected chi connectivity index (χ3v) is 6.50. The van der Waals surface area contributed by atoms with Crippen LogP contribution in [-0.4, -0.2) is 36.6 Å². The number of nitrogens with one attached hydrogen (secondary N) is 1. The molecule has 2 aromatic rings. The van der Waals surface area contributed by atoms with Gasteiger partial charge in [0.05, 0.1) is 16.2 Å². The van der Waals surface area contributed by atoms with E-state index in [1.165, 1.54) is 34.6 Å². The summed E-state index contributed by atoms with van der Waals surface area (Å²) < 4.78 is 27.0. The lowest BCUT2D eigenvalue weighted by Crippen LogP contribution is -2.35. The number of hydrogen-bond acceptors (Lipinski definition) is 5. The molecule has 148 valence electrons. The summed E-state index contributed by atoms with van der Waals surface area (Å²) in [7, 11) is -3.60. The number of piperidine rings is 1. The Morgan fingerprint density at radius 1 is 1.07 bits per heavy atom. The van der Waals surface area contributed by atoms with E-state index < -0.39 is 20.9 Å². The van der Waals surface area contributed by atoms with Crippen molar-refractivity contribution in [1.29, 1.82) is 0 Å². The molecule has 0 radical (unpaired) electrons. The number of carbonyl (C=O) groups excluding carboxylic acids is 1. The van der Waals surface area contributed by atoms with Gasteiger partial charge in [-0.15, -0.1) is 0 Å². The van der Waals surface area contributed by atoms with Crippen LogP contribution in [0.1, 0.15) is 24.8 Å². The first-order chi connectivity index (χ1) is 13.4. The molecule has 0 atom stereocenters. The van der Waals surface area contributed by atoms with Crippen molar-refractivity contribution in [2.45, 2.75) is 30.6 Å². The maximum Gasteiger partial charge on any atom is 0.273 e. The molecule has 8 nitrogen and oxygen atoms in total. The molecule has 0 spiro atoms. The van der Waals surface area contributed by atoms with Crippen molar-refractivity contribution < 1.29 is 18.1 Å². The van der Waals surface area contributed by atoms with E-state index in [-0.39, 0.29) is 17.0 Å². The summed E-state index contributed by atoms with van der Waals surface area (Å²) in [5.74, 6) is -0.457. The fraction of sp³-hybridized carbons (Fsp3) is 0.316. The minimum absolute atomic E-state index is 0.123. The van der Waals surface area contributed by atoms with Crippen LogP contribution in [0.25, 0.3) is 0 Å². The van der Waals surface area contributed by atoms with Crippen LogP contribution in [0.4, 0.5) is 11.4 Å². The molecule has 3 rings (SSSR count). The summed E-state index contributed by atoms with van der Waals surface area (Å²) >= 11 is 0. The molecule has 0 unspecified atom stereocenters. The smallest absolute Gasteiger partial charge is 0.273 e. The second-order valence-electron chi connectivity index (χ2n) is 6.60. The Labute approximate surface area is 163 Å². The first-order valence-corrected chi connectivity index (χ1v) is 10.4. The van der Waals surface area contributed by atoms with Crippen molar-refractivity contribution in [3.63, 3.8) is 0 Å². The summed E-state index contributed by atoms with van der Waals surface area (Å²) in [5.41, 5.74) is 0.503. The van der Waals surface area contributed by atoms with Crippen molar-refractivity contribution in [2.24, 2.45) is 0 Å². The fourth-order valence-electron chi connectivity index (χ4n) is 3.21. The average Bonchev–Trinajstić information content (AvgIpc) is 2.69. The number of sulfonamides is 1. The number of hydrogen-bond donors (Lipinski definition) is 1. The van der Waals surface area contributed by atoms with Gasteiger partial charge in [-0.25, -0.2) is 8.42 Å². The van der Waals surface area contributed by atoms with Crippen molar-refractivity contribution in [1.82, 2.24) is 4.31 Å². The van der Waals surface area contributed by atoms with Gasteiger partial charge in [0.15, 0.2) is 0 Å². The SMILES string of the molecule is O=C(Cc1ccccc1[N+](=O)[O-])Nc1cccc(S(=O)(=O)N2CCCCC2)c1. The van der Waals surface area contributed by atoms with Crippen LogP contribution in [0.2, 0.25) is 0 Å². The Kier molecular flexibility index (Phi) is 6.05. The van der Waals surface area contributed by atoms with E-state index >= 15 is 0 Å². The molecule has 1 aliphatic rings. The minimum atomic E-state index is -3.60. The van der Waals surface area contributed by atoms with Crippen LogP contribution >= 0.6 is 0 Å². The monoisotopic (exact) mass is 403 g/mol. The molecule has 1 saturated heterocycles. The maximum absolute atomic E-state index is 12.8. The number of amides is 1. The molecule has 1 aliphatic heterocycles. The first-order valence-electron chi connectivity index (χ1n) is 9.00. The normalized spacial score (nSPS) is 15.1. The highest BCUT2D eigenvalue weighted by Crippen LogP contribution is 2.23. The molecule has 1 N–H and O–H groups in total. The van der Waals surface area contributed by atoms with Gasteiger partial charge in [0.25, 0.3) is 5.69 Å². The number of nitro groups is 1. The van der Waals surface area contributed by atoms with Gasteiger partial charge in [0.1, 0.15) is 0 Å². The molecule has 1 fully saturated rings. The third-order valence-electron chi connectivity index (χ3n) is 4.61. The molecular weight excluding hydrogens is 382 g/mol. The zero-order valence-electron chi connectivity index (χ0n) is 15.2. The van der Waals surface area contributed by atoms with Gasteiger partial charge in [0.2, 0.25) is 15.9 Å². The molecule has 2 aromatic carbocycles. The third kappa shape index (κ3) is 4.55. The lowest BCUT2D eigenvalue weighted by atomic mass is 10.1. The highest BCUT2D eigenvalue weighted by molar-refractivity contribution is 7.89. The van der Waals surface area contributed by atoms with E-state index in [1.807, 2.05) is 0 Å². The summed E-state index contributed by atoms with van der Waals surface area (Å²) in [5, 5.41) is 13.7. The minimum Gasteiger partial charge on any atom is -0.326 e. The Bertz CT molecular complexity index is 985.